The first-order chi connectivity index (χ1) is 4.33. The fourth-order valence-electron chi connectivity index (χ4n) is 0.503. The number of halogens is 1. The monoisotopic (exact) mass is 146 g/mol. The summed E-state index contributed by atoms with van der Waals surface area (Å²) in [5.74, 6) is 0.822. The minimum atomic E-state index is 0.292. The van der Waals surface area contributed by atoms with E-state index in [9.17, 15) is 0 Å². The van der Waals surface area contributed by atoms with Crippen LogP contribution in [0.1, 0.15) is 0 Å². The van der Waals surface area contributed by atoms with Gasteiger partial charge < -0.3 is 5.73 Å². The Hall–Kier alpha value is -0.770. The summed E-state index contributed by atoms with van der Waals surface area (Å²) in [5.41, 5.74) is 5.22. The van der Waals surface area contributed by atoms with Gasteiger partial charge in [-0.1, -0.05) is 0 Å². The van der Waals surface area contributed by atoms with Crippen molar-refractivity contribution < 1.29 is 0 Å². The Morgan fingerprint density at radius 1 is 1.78 bits per heavy atom. The van der Waals surface area contributed by atoms with E-state index >= 15 is 0 Å². The molecule has 0 aliphatic heterocycles. The molecule has 5 heteroatoms. The molecule has 1 aromatic heterocycles. The first-order valence-electron chi connectivity index (χ1n) is 2.54. The summed E-state index contributed by atoms with van der Waals surface area (Å²) < 4.78 is 1.60. The third-order valence-corrected chi connectivity index (χ3v) is 1.04. The fraction of sp³-hybridized carbons (Fsp3) is 0.500. The maximum absolute atomic E-state index is 5.42. The second-order valence-electron chi connectivity index (χ2n) is 1.55. The lowest BCUT2D eigenvalue weighted by molar-refractivity contribution is 0.664. The number of nitrogens with zero attached hydrogens (tertiary/aromatic N) is 3. The van der Waals surface area contributed by atoms with Crippen molar-refractivity contribution in [2.75, 3.05) is 11.6 Å². The van der Waals surface area contributed by atoms with Gasteiger partial charge in [0.2, 0.25) is 5.95 Å². The van der Waals surface area contributed by atoms with Gasteiger partial charge in [-0.15, -0.1) is 16.7 Å². The standard InChI is InChI=1S/C4H7ClN4/c5-1-2-9-3-7-4(6)8-9/h3H,1-2H2,(H2,6,8). The van der Waals surface area contributed by atoms with E-state index in [1.54, 1.807) is 11.0 Å². The molecule has 0 amide bonds. The molecule has 0 fully saturated rings. The Kier molecular flexibility index (Phi) is 1.89. The highest BCUT2D eigenvalue weighted by Crippen LogP contribution is 1.89. The lowest BCUT2D eigenvalue weighted by atomic mass is 10.8. The van der Waals surface area contributed by atoms with Crippen molar-refractivity contribution in [3.05, 3.63) is 6.33 Å². The van der Waals surface area contributed by atoms with Gasteiger partial charge in [-0.3, -0.25) is 0 Å². The number of hydrogen-bond donors (Lipinski definition) is 1. The molecule has 4 nitrogen and oxygen atoms in total. The maximum atomic E-state index is 5.42. The van der Waals surface area contributed by atoms with Gasteiger partial charge in [0.1, 0.15) is 6.33 Å². The van der Waals surface area contributed by atoms with Crippen LogP contribution in [0.2, 0.25) is 0 Å². The zero-order valence-corrected chi connectivity index (χ0v) is 5.54. The van der Waals surface area contributed by atoms with Crippen LogP contribution in [0.3, 0.4) is 0 Å². The molecule has 9 heavy (non-hydrogen) atoms. The van der Waals surface area contributed by atoms with Crippen LogP contribution in [-0.4, -0.2) is 20.6 Å². The van der Waals surface area contributed by atoms with Crippen molar-refractivity contribution in [1.82, 2.24) is 14.8 Å². The highest BCUT2D eigenvalue weighted by atomic mass is 35.5. The Morgan fingerprint density at radius 2 is 2.56 bits per heavy atom. The maximum Gasteiger partial charge on any atom is 0.239 e. The van der Waals surface area contributed by atoms with Gasteiger partial charge in [0.25, 0.3) is 0 Å². The molecule has 50 valence electrons. The van der Waals surface area contributed by atoms with Gasteiger partial charge in [0, 0.05) is 5.88 Å². The van der Waals surface area contributed by atoms with Crippen molar-refractivity contribution in [2.24, 2.45) is 0 Å². The molecule has 0 spiro atoms. The summed E-state index contributed by atoms with van der Waals surface area (Å²) in [5, 5.41) is 3.80. The topological polar surface area (TPSA) is 56.7 Å². The smallest absolute Gasteiger partial charge is 0.239 e. The average molecular weight is 147 g/mol. The third-order valence-electron chi connectivity index (χ3n) is 0.868. The number of aromatic nitrogens is 3. The predicted molar refractivity (Wildman–Crippen MR) is 35.2 cm³/mol. The Morgan fingerprint density at radius 3 is 3.00 bits per heavy atom. The van der Waals surface area contributed by atoms with E-state index in [2.05, 4.69) is 10.1 Å². The van der Waals surface area contributed by atoms with E-state index in [-0.39, 0.29) is 0 Å². The van der Waals surface area contributed by atoms with E-state index in [0.717, 1.165) is 0 Å². The highest BCUT2D eigenvalue weighted by Gasteiger charge is 1.91. The molecule has 0 saturated carbocycles. The Balaban J connectivity index is 2.61. The van der Waals surface area contributed by atoms with E-state index in [1.165, 1.54) is 0 Å². The molecule has 1 heterocycles. The van der Waals surface area contributed by atoms with Crippen LogP contribution in [0.5, 0.6) is 0 Å². The molecule has 0 saturated heterocycles. The summed E-state index contributed by atoms with van der Waals surface area (Å²) in [6.07, 6.45) is 1.55. The summed E-state index contributed by atoms with van der Waals surface area (Å²) in [4.78, 5) is 3.71. The quantitative estimate of drug-likeness (QED) is 0.602. The minimum absolute atomic E-state index is 0.292. The van der Waals surface area contributed by atoms with Crippen molar-refractivity contribution in [3.8, 4) is 0 Å². The van der Waals surface area contributed by atoms with Crippen molar-refractivity contribution >= 4 is 17.5 Å². The number of alkyl halides is 1. The SMILES string of the molecule is Nc1ncn(CCCl)n1. The zero-order valence-electron chi connectivity index (χ0n) is 4.79. The van der Waals surface area contributed by atoms with Crippen LogP contribution in [0.4, 0.5) is 5.95 Å². The van der Waals surface area contributed by atoms with Crippen LogP contribution in [0, 0.1) is 0 Å². The van der Waals surface area contributed by atoms with Gasteiger partial charge in [0.15, 0.2) is 0 Å². The van der Waals surface area contributed by atoms with E-state index in [1.807, 2.05) is 0 Å². The van der Waals surface area contributed by atoms with Crippen LogP contribution < -0.4 is 5.73 Å². The largest absolute Gasteiger partial charge is 0.367 e. The minimum Gasteiger partial charge on any atom is -0.367 e. The van der Waals surface area contributed by atoms with Crippen LogP contribution in [0.25, 0.3) is 0 Å². The summed E-state index contributed by atoms with van der Waals surface area (Å²) >= 11 is 5.42. The summed E-state index contributed by atoms with van der Waals surface area (Å²) in [6.45, 7) is 0.658. The van der Waals surface area contributed by atoms with E-state index < -0.39 is 0 Å². The molecule has 0 aromatic carbocycles. The summed E-state index contributed by atoms with van der Waals surface area (Å²) in [7, 11) is 0. The molecule has 0 radical (unpaired) electrons. The normalized spacial score (nSPS) is 9.89. The Bertz CT molecular complexity index is 184. The van der Waals surface area contributed by atoms with Gasteiger partial charge in [-0.25, -0.2) is 9.67 Å². The fourth-order valence-corrected chi connectivity index (χ4v) is 0.677. The Labute approximate surface area is 57.6 Å². The molecule has 1 aromatic rings. The lowest BCUT2D eigenvalue weighted by Gasteiger charge is -1.90. The molecule has 0 atom stereocenters. The average Bonchev–Trinajstić information content (AvgIpc) is 2.17. The van der Waals surface area contributed by atoms with E-state index in [4.69, 9.17) is 17.3 Å². The van der Waals surface area contributed by atoms with Gasteiger partial charge in [-0.05, 0) is 0 Å². The van der Waals surface area contributed by atoms with Gasteiger partial charge in [-0.2, -0.15) is 0 Å². The number of aryl methyl sites for hydroxylation is 1. The second-order valence-corrected chi connectivity index (χ2v) is 1.93. The number of rotatable bonds is 2. The number of nitrogen functional groups attached to an aromatic ring is 1. The number of hydrogen-bond acceptors (Lipinski definition) is 3. The number of anilines is 1. The first-order valence-corrected chi connectivity index (χ1v) is 3.07. The van der Waals surface area contributed by atoms with Crippen LogP contribution in [-0.2, 0) is 6.54 Å². The molecule has 1 rings (SSSR count). The molecule has 0 aliphatic carbocycles. The predicted octanol–water partition coefficient (Wildman–Crippen LogP) is 0.0991. The lowest BCUT2D eigenvalue weighted by Crippen LogP contribution is -1.99. The van der Waals surface area contributed by atoms with Gasteiger partial charge >= 0.3 is 0 Å². The molecular formula is C4H7ClN4. The third kappa shape index (κ3) is 1.57. The van der Waals surface area contributed by atoms with E-state index in [0.29, 0.717) is 18.4 Å². The van der Waals surface area contributed by atoms with Crippen molar-refractivity contribution in [3.63, 3.8) is 0 Å². The number of nitrogens with two attached hydrogens (primary N) is 1. The van der Waals surface area contributed by atoms with Crippen LogP contribution in [0.15, 0.2) is 6.33 Å². The van der Waals surface area contributed by atoms with Gasteiger partial charge in [0.05, 0.1) is 6.54 Å². The van der Waals surface area contributed by atoms with Crippen molar-refractivity contribution in [2.45, 2.75) is 6.54 Å². The zero-order chi connectivity index (χ0) is 6.69. The molecule has 2 N–H and O–H groups in total. The first kappa shape index (κ1) is 6.35. The molecule has 0 aliphatic rings. The molecule has 0 unspecified atom stereocenters. The second kappa shape index (κ2) is 2.68. The molecule has 0 bridgehead atoms. The van der Waals surface area contributed by atoms with Crippen molar-refractivity contribution in [1.29, 1.82) is 0 Å². The molecular weight excluding hydrogens is 140 g/mol. The highest BCUT2D eigenvalue weighted by molar-refractivity contribution is 6.17. The van der Waals surface area contributed by atoms with Crippen LogP contribution >= 0.6 is 11.6 Å². The summed E-state index contributed by atoms with van der Waals surface area (Å²) in [6, 6.07) is 0.